The molecule has 0 radical (unpaired) electrons. The number of nitriles is 1. The van der Waals surface area contributed by atoms with Crippen molar-refractivity contribution in [3.05, 3.63) is 35.1 Å². The molecule has 18 heavy (non-hydrogen) atoms. The van der Waals surface area contributed by atoms with Gasteiger partial charge >= 0.3 is 0 Å². The molecule has 0 amide bonds. The number of hydrogen-bond acceptors (Lipinski definition) is 3. The monoisotopic (exact) mass is 248 g/mol. The van der Waals surface area contributed by atoms with Crippen molar-refractivity contribution in [1.29, 1.82) is 5.26 Å². The number of nitrogens with zero attached hydrogens (tertiary/aromatic N) is 1. The van der Waals surface area contributed by atoms with E-state index in [0.717, 1.165) is 13.0 Å². The molecule has 1 N–H and O–H groups in total. The summed E-state index contributed by atoms with van der Waals surface area (Å²) in [6, 6.07) is 6.49. The van der Waals surface area contributed by atoms with Crippen LogP contribution in [0.1, 0.15) is 31.4 Å². The van der Waals surface area contributed by atoms with Crippen LogP contribution >= 0.6 is 0 Å². The number of hydrogen-bond donors (Lipinski definition) is 1. The second-order valence-electron chi connectivity index (χ2n) is 4.95. The number of nitrogens with one attached hydrogen (secondary N) is 1. The highest BCUT2D eigenvalue weighted by atomic mass is 19.1. The highest BCUT2D eigenvalue weighted by Crippen LogP contribution is 2.25. The Morgan fingerprint density at radius 1 is 1.61 bits per heavy atom. The topological polar surface area (TPSA) is 45.0 Å². The minimum absolute atomic E-state index is 0.111. The fourth-order valence-electron chi connectivity index (χ4n) is 2.12. The summed E-state index contributed by atoms with van der Waals surface area (Å²) < 4.78 is 19.2. The van der Waals surface area contributed by atoms with Gasteiger partial charge in [0.2, 0.25) is 0 Å². The predicted molar refractivity (Wildman–Crippen MR) is 66.4 cm³/mol. The number of ether oxygens (including phenoxy) is 1. The van der Waals surface area contributed by atoms with Crippen LogP contribution in [0.4, 0.5) is 4.39 Å². The summed E-state index contributed by atoms with van der Waals surface area (Å²) in [7, 11) is 0. The van der Waals surface area contributed by atoms with Gasteiger partial charge < -0.3 is 10.1 Å². The third-order valence-electron chi connectivity index (χ3n) is 3.75. The Morgan fingerprint density at radius 3 is 2.94 bits per heavy atom. The molecule has 2 unspecified atom stereocenters. The molecule has 1 aromatic rings. The van der Waals surface area contributed by atoms with Crippen LogP contribution in [0.5, 0.6) is 0 Å². The van der Waals surface area contributed by atoms with Gasteiger partial charge in [0.1, 0.15) is 5.82 Å². The Balaban J connectivity index is 2.05. The molecule has 2 atom stereocenters. The van der Waals surface area contributed by atoms with Crippen LogP contribution in [0.2, 0.25) is 0 Å². The molecule has 1 aliphatic rings. The Bertz CT molecular complexity index is 483. The fraction of sp³-hybridized carbons (Fsp3) is 0.500. The second kappa shape index (κ2) is 5.05. The predicted octanol–water partition coefficient (Wildman–Crippen LogP) is 2.35. The lowest BCUT2D eigenvalue weighted by atomic mass is 9.94. The van der Waals surface area contributed by atoms with E-state index in [0.29, 0.717) is 17.7 Å². The maximum atomic E-state index is 13.7. The molecule has 0 aliphatic carbocycles. The molecule has 3 nitrogen and oxygen atoms in total. The minimum Gasteiger partial charge on any atom is -0.377 e. The lowest BCUT2D eigenvalue weighted by Gasteiger charge is -2.29. The molecule has 1 saturated heterocycles. The largest absolute Gasteiger partial charge is 0.377 e. The van der Waals surface area contributed by atoms with Gasteiger partial charge in [-0.15, -0.1) is 0 Å². The molecule has 2 rings (SSSR count). The number of benzene rings is 1. The van der Waals surface area contributed by atoms with Crippen molar-refractivity contribution in [1.82, 2.24) is 5.32 Å². The van der Waals surface area contributed by atoms with Crippen LogP contribution < -0.4 is 5.32 Å². The summed E-state index contributed by atoms with van der Waals surface area (Å²) in [4.78, 5) is 0. The van der Waals surface area contributed by atoms with Gasteiger partial charge in [-0.3, -0.25) is 0 Å². The first-order valence-electron chi connectivity index (χ1n) is 6.10. The quantitative estimate of drug-likeness (QED) is 0.893. The summed E-state index contributed by atoms with van der Waals surface area (Å²) in [6.45, 7) is 5.30. The van der Waals surface area contributed by atoms with Crippen LogP contribution in [0.15, 0.2) is 18.2 Å². The molecular weight excluding hydrogens is 231 g/mol. The molecule has 1 fully saturated rings. The number of halogens is 1. The van der Waals surface area contributed by atoms with Gasteiger partial charge in [-0.1, -0.05) is 6.07 Å². The first kappa shape index (κ1) is 13.0. The van der Waals surface area contributed by atoms with E-state index in [1.165, 1.54) is 6.07 Å². The van der Waals surface area contributed by atoms with E-state index < -0.39 is 0 Å². The molecule has 0 saturated carbocycles. The highest BCUT2D eigenvalue weighted by Gasteiger charge is 2.36. The summed E-state index contributed by atoms with van der Waals surface area (Å²) >= 11 is 0. The highest BCUT2D eigenvalue weighted by molar-refractivity contribution is 5.32. The molecule has 96 valence electrons. The summed E-state index contributed by atoms with van der Waals surface area (Å²) in [5, 5.41) is 12.0. The zero-order valence-corrected chi connectivity index (χ0v) is 10.7. The summed E-state index contributed by atoms with van der Waals surface area (Å²) in [5.41, 5.74) is 0.815. The van der Waals surface area contributed by atoms with Gasteiger partial charge in [0, 0.05) is 24.3 Å². The van der Waals surface area contributed by atoms with Crippen molar-refractivity contribution in [2.75, 3.05) is 6.61 Å². The smallest absolute Gasteiger partial charge is 0.129 e. The zero-order valence-electron chi connectivity index (χ0n) is 10.7. The Hall–Kier alpha value is -1.44. The molecule has 0 aromatic heterocycles. The molecule has 1 heterocycles. The first-order chi connectivity index (χ1) is 8.55. The van der Waals surface area contributed by atoms with Gasteiger partial charge in [-0.25, -0.2) is 4.39 Å². The van der Waals surface area contributed by atoms with Crippen molar-refractivity contribution in [2.45, 2.75) is 38.5 Å². The van der Waals surface area contributed by atoms with E-state index in [1.807, 2.05) is 13.0 Å². The zero-order chi connectivity index (χ0) is 13.2. The maximum Gasteiger partial charge on any atom is 0.129 e. The van der Waals surface area contributed by atoms with Crippen LogP contribution in [-0.4, -0.2) is 18.2 Å². The van der Waals surface area contributed by atoms with E-state index in [9.17, 15) is 4.39 Å². The lowest BCUT2D eigenvalue weighted by Crippen LogP contribution is -2.47. The first-order valence-corrected chi connectivity index (χ1v) is 6.10. The SMILES string of the molecule is CC1OCCC1(C)NCc1ccc(C#N)cc1F. The van der Waals surface area contributed by atoms with Crippen LogP contribution in [0.25, 0.3) is 0 Å². The fourth-order valence-corrected chi connectivity index (χ4v) is 2.12. The Morgan fingerprint density at radius 2 is 2.39 bits per heavy atom. The van der Waals surface area contributed by atoms with E-state index >= 15 is 0 Å². The van der Waals surface area contributed by atoms with E-state index in [-0.39, 0.29) is 17.5 Å². The third-order valence-corrected chi connectivity index (χ3v) is 3.75. The van der Waals surface area contributed by atoms with Gasteiger partial charge in [0.05, 0.1) is 17.7 Å². The van der Waals surface area contributed by atoms with E-state index in [4.69, 9.17) is 10.00 Å². The lowest BCUT2D eigenvalue weighted by molar-refractivity contribution is 0.0880. The van der Waals surface area contributed by atoms with Gasteiger partial charge in [-0.2, -0.15) is 5.26 Å². The Kier molecular flexibility index (Phi) is 3.65. The third kappa shape index (κ3) is 2.53. The normalized spacial score (nSPS) is 27.1. The second-order valence-corrected chi connectivity index (χ2v) is 4.95. The van der Waals surface area contributed by atoms with Gasteiger partial charge in [0.25, 0.3) is 0 Å². The summed E-state index contributed by atoms with van der Waals surface area (Å²) in [6.07, 6.45) is 1.05. The standard InChI is InChI=1S/C14H17FN2O/c1-10-14(2,5-6-18-10)17-9-12-4-3-11(8-16)7-13(12)15/h3-4,7,10,17H,5-6,9H2,1-2H3. The summed E-state index contributed by atoms with van der Waals surface area (Å²) in [5.74, 6) is -0.336. The molecule has 0 bridgehead atoms. The van der Waals surface area contributed by atoms with Crippen LogP contribution in [-0.2, 0) is 11.3 Å². The van der Waals surface area contributed by atoms with Crippen LogP contribution in [0, 0.1) is 17.1 Å². The van der Waals surface area contributed by atoms with E-state index in [2.05, 4.69) is 12.2 Å². The van der Waals surface area contributed by atoms with Crippen molar-refractivity contribution in [3.8, 4) is 6.07 Å². The molecule has 1 aliphatic heterocycles. The molecule has 0 spiro atoms. The van der Waals surface area contributed by atoms with E-state index in [1.54, 1.807) is 12.1 Å². The average molecular weight is 248 g/mol. The molecular formula is C14H17FN2O. The molecule has 1 aromatic carbocycles. The van der Waals surface area contributed by atoms with Crippen molar-refractivity contribution >= 4 is 0 Å². The number of rotatable bonds is 3. The Labute approximate surface area is 107 Å². The minimum atomic E-state index is -0.336. The van der Waals surface area contributed by atoms with Crippen molar-refractivity contribution in [3.63, 3.8) is 0 Å². The molecule has 4 heteroatoms. The average Bonchev–Trinajstić information content (AvgIpc) is 2.68. The van der Waals surface area contributed by atoms with Gasteiger partial charge in [-0.05, 0) is 32.4 Å². The van der Waals surface area contributed by atoms with Crippen molar-refractivity contribution < 1.29 is 9.13 Å². The van der Waals surface area contributed by atoms with Crippen LogP contribution in [0.3, 0.4) is 0 Å². The maximum absolute atomic E-state index is 13.7. The van der Waals surface area contributed by atoms with Gasteiger partial charge in [0.15, 0.2) is 0 Å². The van der Waals surface area contributed by atoms with Crippen molar-refractivity contribution in [2.24, 2.45) is 0 Å².